The lowest BCUT2D eigenvalue weighted by Gasteiger charge is -2.17. The first-order chi connectivity index (χ1) is 14.5. The van der Waals surface area contributed by atoms with Crippen LogP contribution < -0.4 is 10.1 Å². The zero-order chi connectivity index (χ0) is 21.1. The Morgan fingerprint density at radius 3 is 2.63 bits per heavy atom. The van der Waals surface area contributed by atoms with E-state index in [0.29, 0.717) is 5.16 Å². The second-order valence-corrected chi connectivity index (χ2v) is 8.24. The van der Waals surface area contributed by atoms with E-state index in [1.807, 2.05) is 80.6 Å². The number of ether oxygens (including phenoxy) is 1. The number of nitrogens with zero attached hydrogens (tertiary/aromatic N) is 1. The fourth-order valence-corrected chi connectivity index (χ4v) is 4.23. The first kappa shape index (κ1) is 20.0. The van der Waals surface area contributed by atoms with Gasteiger partial charge in [-0.1, -0.05) is 54.2 Å². The second kappa shape index (κ2) is 8.63. The third-order valence-corrected chi connectivity index (χ3v) is 6.03. The van der Waals surface area contributed by atoms with E-state index in [2.05, 4.69) is 15.3 Å². The van der Waals surface area contributed by atoms with Crippen molar-refractivity contribution in [2.24, 2.45) is 0 Å². The molecule has 1 heterocycles. The lowest BCUT2D eigenvalue weighted by atomic mass is 10.1. The Bertz CT molecular complexity index is 1190. The third-order valence-electron chi connectivity index (χ3n) is 4.89. The van der Waals surface area contributed by atoms with E-state index in [1.54, 1.807) is 7.11 Å². The number of methoxy groups -OCH3 is 1. The number of carbonyl (C=O) groups is 1. The highest BCUT2D eigenvalue weighted by Gasteiger charge is 2.24. The predicted octanol–water partition coefficient (Wildman–Crippen LogP) is 5.66. The molecule has 0 spiro atoms. The highest BCUT2D eigenvalue weighted by atomic mass is 32.2. The molecule has 30 heavy (non-hydrogen) atoms. The van der Waals surface area contributed by atoms with E-state index in [-0.39, 0.29) is 5.91 Å². The number of aromatic nitrogens is 2. The number of hydrogen-bond acceptors (Lipinski definition) is 4. The molecule has 3 aromatic carbocycles. The highest BCUT2D eigenvalue weighted by Crippen LogP contribution is 2.36. The van der Waals surface area contributed by atoms with E-state index in [0.717, 1.165) is 39.2 Å². The topological polar surface area (TPSA) is 67.0 Å². The summed E-state index contributed by atoms with van der Waals surface area (Å²) >= 11 is 1.40. The van der Waals surface area contributed by atoms with Crippen molar-refractivity contribution < 1.29 is 9.53 Å². The number of aromatic amines is 1. The maximum Gasteiger partial charge on any atom is 0.242 e. The van der Waals surface area contributed by atoms with Crippen LogP contribution in [0.2, 0.25) is 0 Å². The van der Waals surface area contributed by atoms with Crippen LogP contribution in [0.15, 0.2) is 71.9 Å². The number of anilines is 1. The summed E-state index contributed by atoms with van der Waals surface area (Å²) in [7, 11) is 1.64. The molecular weight excluding hydrogens is 394 g/mol. The molecule has 0 aliphatic rings. The molecule has 0 bridgehead atoms. The number of imidazole rings is 1. The van der Waals surface area contributed by atoms with Crippen LogP contribution in [0.4, 0.5) is 5.69 Å². The van der Waals surface area contributed by atoms with Gasteiger partial charge in [-0.25, -0.2) is 4.98 Å². The monoisotopic (exact) mass is 417 g/mol. The summed E-state index contributed by atoms with van der Waals surface area (Å²) in [4.78, 5) is 21.3. The summed E-state index contributed by atoms with van der Waals surface area (Å²) in [5.41, 5.74) is 5.59. The molecule has 5 nitrogen and oxygen atoms in total. The number of carbonyl (C=O) groups excluding carboxylic acids is 1. The maximum atomic E-state index is 13.3. The van der Waals surface area contributed by atoms with Crippen molar-refractivity contribution in [1.82, 2.24) is 9.97 Å². The maximum absolute atomic E-state index is 13.3. The molecule has 1 aromatic heterocycles. The molecule has 0 radical (unpaired) electrons. The smallest absolute Gasteiger partial charge is 0.242 e. The van der Waals surface area contributed by atoms with Crippen LogP contribution in [0.25, 0.3) is 11.0 Å². The van der Waals surface area contributed by atoms with Crippen LogP contribution >= 0.6 is 11.8 Å². The standard InChI is InChI=1S/C24H23N3O2S/c1-15-9-10-16(2)20(13-15)25-23(28)22(17-7-5-4-6-8-17)30-24-26-19-12-11-18(29-3)14-21(19)27-24/h4-14,22H,1-3H3,(H,25,28)(H,26,27)/t22-/m1/s1. The minimum atomic E-state index is -0.450. The van der Waals surface area contributed by atoms with Gasteiger partial charge >= 0.3 is 0 Å². The lowest BCUT2D eigenvalue weighted by molar-refractivity contribution is -0.115. The number of rotatable bonds is 6. The van der Waals surface area contributed by atoms with Crippen molar-refractivity contribution in [3.8, 4) is 5.75 Å². The minimum Gasteiger partial charge on any atom is -0.497 e. The van der Waals surface area contributed by atoms with Gasteiger partial charge in [-0.15, -0.1) is 0 Å². The zero-order valence-electron chi connectivity index (χ0n) is 17.1. The molecule has 0 aliphatic carbocycles. The molecule has 0 saturated heterocycles. The molecule has 4 rings (SSSR count). The van der Waals surface area contributed by atoms with E-state index >= 15 is 0 Å². The van der Waals surface area contributed by atoms with Gasteiger partial charge in [0, 0.05) is 11.8 Å². The molecule has 2 N–H and O–H groups in total. The Balaban J connectivity index is 1.65. The second-order valence-electron chi connectivity index (χ2n) is 7.14. The molecule has 4 aromatic rings. The van der Waals surface area contributed by atoms with Gasteiger partial charge in [0.25, 0.3) is 0 Å². The van der Waals surface area contributed by atoms with Crippen LogP contribution in [-0.2, 0) is 4.79 Å². The zero-order valence-corrected chi connectivity index (χ0v) is 17.9. The number of H-pyrrole nitrogens is 1. The minimum absolute atomic E-state index is 0.0852. The summed E-state index contributed by atoms with van der Waals surface area (Å²) in [5, 5.41) is 3.33. The van der Waals surface area contributed by atoms with Crippen LogP contribution in [0.1, 0.15) is 21.9 Å². The molecule has 1 amide bonds. The number of aryl methyl sites for hydroxylation is 2. The van der Waals surface area contributed by atoms with Gasteiger partial charge in [0.15, 0.2) is 5.16 Å². The lowest BCUT2D eigenvalue weighted by Crippen LogP contribution is -2.19. The molecule has 0 aliphatic heterocycles. The Hall–Kier alpha value is -3.25. The first-order valence-electron chi connectivity index (χ1n) is 9.67. The van der Waals surface area contributed by atoms with Crippen molar-refractivity contribution >= 4 is 34.4 Å². The molecular formula is C24H23N3O2S. The molecule has 6 heteroatoms. The Labute approximate surface area is 179 Å². The summed E-state index contributed by atoms with van der Waals surface area (Å²) in [6, 6.07) is 21.5. The number of thioether (sulfide) groups is 1. The molecule has 0 unspecified atom stereocenters. The van der Waals surface area contributed by atoms with Crippen LogP contribution in [0.3, 0.4) is 0 Å². The Morgan fingerprint density at radius 2 is 1.87 bits per heavy atom. The molecule has 1 atom stereocenters. The van der Waals surface area contributed by atoms with Gasteiger partial charge in [0.05, 0.1) is 18.1 Å². The average molecular weight is 418 g/mol. The van der Waals surface area contributed by atoms with E-state index in [4.69, 9.17) is 4.74 Å². The SMILES string of the molecule is COc1ccc2nc(S[C@@H](C(=O)Nc3cc(C)ccc3C)c3ccccc3)[nH]c2c1. The summed E-state index contributed by atoms with van der Waals surface area (Å²) in [6.07, 6.45) is 0. The van der Waals surface area contributed by atoms with Gasteiger partial charge in [0.2, 0.25) is 5.91 Å². The fourth-order valence-electron chi connectivity index (χ4n) is 3.23. The van der Waals surface area contributed by atoms with Crippen LogP contribution in [0.5, 0.6) is 5.75 Å². The number of amides is 1. The molecule has 0 saturated carbocycles. The fraction of sp³-hybridized carbons (Fsp3) is 0.167. The normalized spacial score (nSPS) is 12.0. The van der Waals surface area contributed by atoms with Crippen LogP contribution in [-0.4, -0.2) is 23.0 Å². The third kappa shape index (κ3) is 4.33. The number of fused-ring (bicyclic) bond motifs is 1. The first-order valence-corrected chi connectivity index (χ1v) is 10.5. The highest BCUT2D eigenvalue weighted by molar-refractivity contribution is 8.00. The largest absolute Gasteiger partial charge is 0.497 e. The van der Waals surface area contributed by atoms with Crippen molar-refractivity contribution in [3.05, 3.63) is 83.4 Å². The van der Waals surface area contributed by atoms with Crippen molar-refractivity contribution in [2.45, 2.75) is 24.3 Å². The van der Waals surface area contributed by atoms with Crippen molar-refractivity contribution in [3.63, 3.8) is 0 Å². The Morgan fingerprint density at radius 1 is 1.07 bits per heavy atom. The quantitative estimate of drug-likeness (QED) is 0.397. The Kier molecular flexibility index (Phi) is 5.77. The number of hydrogen-bond donors (Lipinski definition) is 2. The summed E-state index contributed by atoms with van der Waals surface area (Å²) in [5.74, 6) is 0.674. The average Bonchev–Trinajstić information content (AvgIpc) is 3.16. The predicted molar refractivity (Wildman–Crippen MR) is 122 cm³/mol. The van der Waals surface area contributed by atoms with Crippen molar-refractivity contribution in [2.75, 3.05) is 12.4 Å². The summed E-state index contributed by atoms with van der Waals surface area (Å²) in [6.45, 7) is 4.01. The van der Waals surface area contributed by atoms with Gasteiger partial charge < -0.3 is 15.0 Å². The van der Waals surface area contributed by atoms with E-state index in [1.165, 1.54) is 11.8 Å². The molecule has 152 valence electrons. The van der Waals surface area contributed by atoms with Gasteiger partial charge in [-0.3, -0.25) is 4.79 Å². The van der Waals surface area contributed by atoms with Crippen molar-refractivity contribution in [1.29, 1.82) is 0 Å². The molecule has 0 fully saturated rings. The van der Waals surface area contributed by atoms with Gasteiger partial charge in [-0.05, 0) is 48.7 Å². The van der Waals surface area contributed by atoms with E-state index < -0.39 is 5.25 Å². The number of nitrogens with one attached hydrogen (secondary N) is 2. The van der Waals surface area contributed by atoms with Gasteiger partial charge in [-0.2, -0.15) is 0 Å². The number of benzene rings is 3. The van der Waals surface area contributed by atoms with E-state index in [9.17, 15) is 4.79 Å². The summed E-state index contributed by atoms with van der Waals surface area (Å²) < 4.78 is 5.29. The van der Waals surface area contributed by atoms with Gasteiger partial charge in [0.1, 0.15) is 11.0 Å². The van der Waals surface area contributed by atoms with Crippen LogP contribution in [0, 0.1) is 13.8 Å².